The van der Waals surface area contributed by atoms with Crippen molar-refractivity contribution in [1.82, 2.24) is 9.88 Å². The minimum absolute atomic E-state index is 0.119. The van der Waals surface area contributed by atoms with Crippen LogP contribution >= 0.6 is 0 Å². The smallest absolute Gasteiger partial charge is 0.290 e. The molecule has 8 heteroatoms. The number of nitrogens with one attached hydrogen (secondary N) is 1. The SMILES string of the molecule is CCC(C=O)CCCCN.Cc1cc2cc(N(C)C(=O)[C@@H]3[C@H](c4ccccc4)CCN3C)ccc2[nH]1.O=CO. The highest BCUT2D eigenvalue weighted by molar-refractivity contribution is 5.99. The summed E-state index contributed by atoms with van der Waals surface area (Å²) in [4.78, 5) is 39.4. The van der Waals surface area contributed by atoms with E-state index in [1.165, 1.54) is 5.56 Å². The van der Waals surface area contributed by atoms with Crippen molar-refractivity contribution in [2.75, 3.05) is 32.1 Å². The molecule has 4 N–H and O–H groups in total. The first-order valence-corrected chi connectivity index (χ1v) is 13.7. The number of aromatic nitrogens is 1. The second-order valence-electron chi connectivity index (χ2n) is 10.0. The number of aryl methyl sites for hydroxylation is 1. The minimum Gasteiger partial charge on any atom is -0.483 e. The van der Waals surface area contributed by atoms with Gasteiger partial charge in [0.1, 0.15) is 6.29 Å². The zero-order valence-electron chi connectivity index (χ0n) is 23.7. The van der Waals surface area contributed by atoms with Gasteiger partial charge in [0.2, 0.25) is 5.91 Å². The summed E-state index contributed by atoms with van der Waals surface area (Å²) < 4.78 is 0. The van der Waals surface area contributed by atoms with Gasteiger partial charge in [0, 0.05) is 41.2 Å². The average molecular weight is 537 g/mol. The van der Waals surface area contributed by atoms with Crippen molar-refractivity contribution in [2.45, 2.75) is 57.9 Å². The fourth-order valence-electron chi connectivity index (χ4n) is 5.08. The maximum Gasteiger partial charge on any atom is 0.290 e. The highest BCUT2D eigenvalue weighted by Crippen LogP contribution is 2.34. The summed E-state index contributed by atoms with van der Waals surface area (Å²) in [6, 6.07) is 18.6. The number of likely N-dealkylation sites (tertiary alicyclic amines) is 1. The van der Waals surface area contributed by atoms with Crippen LogP contribution in [0.5, 0.6) is 0 Å². The molecule has 1 fully saturated rings. The third-order valence-corrected chi connectivity index (χ3v) is 7.33. The molecule has 1 aromatic heterocycles. The molecule has 1 amide bonds. The molecule has 1 aliphatic heterocycles. The quantitative estimate of drug-likeness (QED) is 0.262. The number of benzene rings is 2. The van der Waals surface area contributed by atoms with Crippen LogP contribution in [0, 0.1) is 12.8 Å². The molecular formula is C31H44N4O4. The highest BCUT2D eigenvalue weighted by Gasteiger charge is 2.39. The van der Waals surface area contributed by atoms with E-state index in [1.54, 1.807) is 0 Å². The number of aromatic amines is 1. The van der Waals surface area contributed by atoms with Crippen LogP contribution in [0.3, 0.4) is 0 Å². The number of likely N-dealkylation sites (N-methyl/N-ethyl adjacent to an activating group) is 2. The molecule has 1 unspecified atom stereocenters. The van der Waals surface area contributed by atoms with Crippen molar-refractivity contribution < 1.29 is 19.5 Å². The predicted molar refractivity (Wildman–Crippen MR) is 158 cm³/mol. The molecule has 212 valence electrons. The third-order valence-electron chi connectivity index (χ3n) is 7.33. The van der Waals surface area contributed by atoms with E-state index in [4.69, 9.17) is 15.6 Å². The van der Waals surface area contributed by atoms with Gasteiger partial charge in [0.15, 0.2) is 0 Å². The number of amides is 1. The summed E-state index contributed by atoms with van der Waals surface area (Å²) in [5.74, 6) is 0.673. The molecule has 0 aliphatic carbocycles. The Morgan fingerprint density at radius 1 is 1.18 bits per heavy atom. The number of hydrogen-bond donors (Lipinski definition) is 3. The Balaban J connectivity index is 0.000000346. The maximum absolute atomic E-state index is 13.4. The van der Waals surface area contributed by atoms with Gasteiger partial charge in [-0.2, -0.15) is 0 Å². The fraction of sp³-hybridized carbons (Fsp3) is 0.452. The normalized spacial score (nSPS) is 17.4. The van der Waals surface area contributed by atoms with Gasteiger partial charge < -0.3 is 25.5 Å². The molecule has 2 heterocycles. The van der Waals surface area contributed by atoms with Crippen LogP contribution < -0.4 is 10.6 Å². The summed E-state index contributed by atoms with van der Waals surface area (Å²) in [6.07, 6.45) is 6.18. The standard InChI is InChI=1S/C22H25N3O.C8H17NO.CH2O2/c1-15-13-17-14-18(9-10-20(17)23-15)25(3)22(26)21-19(11-12-24(21)2)16-7-5-4-6-8-16;1-2-8(7-10)5-3-4-6-9;2-1-3/h4-10,13-14,19,21,23H,11-12H2,1-3H3;7-8H,2-6,9H2,1H3;1H,(H,2,3)/t19-,21-;;/m0../s1. The summed E-state index contributed by atoms with van der Waals surface area (Å²) >= 11 is 0. The Morgan fingerprint density at radius 3 is 2.49 bits per heavy atom. The maximum atomic E-state index is 13.4. The van der Waals surface area contributed by atoms with E-state index >= 15 is 0 Å². The number of unbranched alkanes of at least 4 members (excludes halogenated alkanes) is 1. The average Bonchev–Trinajstić information content (AvgIpc) is 3.52. The molecule has 4 rings (SSSR count). The molecule has 1 aliphatic rings. The van der Waals surface area contributed by atoms with Crippen molar-refractivity contribution in [2.24, 2.45) is 11.7 Å². The Bertz CT molecular complexity index is 1160. The fourth-order valence-corrected chi connectivity index (χ4v) is 5.08. The molecule has 8 nitrogen and oxygen atoms in total. The first-order chi connectivity index (χ1) is 18.8. The van der Waals surface area contributed by atoms with E-state index in [0.29, 0.717) is 0 Å². The number of nitrogens with two attached hydrogens (primary N) is 1. The van der Waals surface area contributed by atoms with Crippen molar-refractivity contribution in [3.63, 3.8) is 0 Å². The van der Waals surface area contributed by atoms with Crippen LogP contribution in [-0.4, -0.2) is 66.9 Å². The van der Waals surface area contributed by atoms with E-state index in [0.717, 1.165) is 73.8 Å². The molecule has 39 heavy (non-hydrogen) atoms. The number of H-pyrrole nitrogens is 1. The molecule has 1 saturated heterocycles. The second-order valence-corrected chi connectivity index (χ2v) is 10.0. The summed E-state index contributed by atoms with van der Waals surface area (Å²) in [7, 11) is 3.94. The van der Waals surface area contributed by atoms with Gasteiger partial charge in [0.05, 0.1) is 6.04 Å². The zero-order chi connectivity index (χ0) is 28.8. The highest BCUT2D eigenvalue weighted by atomic mass is 16.3. The van der Waals surface area contributed by atoms with E-state index in [2.05, 4.69) is 59.4 Å². The second kappa shape index (κ2) is 16.5. The predicted octanol–water partition coefficient (Wildman–Crippen LogP) is 4.97. The number of hydrogen-bond acceptors (Lipinski definition) is 5. The van der Waals surface area contributed by atoms with Crippen LogP contribution in [0.25, 0.3) is 10.9 Å². The van der Waals surface area contributed by atoms with Crippen molar-refractivity contribution >= 4 is 35.3 Å². The van der Waals surface area contributed by atoms with Crippen LogP contribution in [0.15, 0.2) is 54.6 Å². The molecule has 0 saturated carbocycles. The Kier molecular flexibility index (Phi) is 13.4. The third kappa shape index (κ3) is 9.04. The largest absolute Gasteiger partial charge is 0.483 e. The van der Waals surface area contributed by atoms with E-state index in [-0.39, 0.29) is 30.3 Å². The van der Waals surface area contributed by atoms with Gasteiger partial charge in [0.25, 0.3) is 6.47 Å². The lowest BCUT2D eigenvalue weighted by molar-refractivity contribution is -0.123. The molecule has 0 spiro atoms. The summed E-state index contributed by atoms with van der Waals surface area (Å²) in [5, 5.41) is 8.03. The number of carbonyl (C=O) groups excluding carboxylic acids is 2. The Morgan fingerprint density at radius 2 is 1.87 bits per heavy atom. The number of anilines is 1. The number of carboxylic acid groups (broad SMARTS) is 1. The number of carbonyl (C=O) groups is 3. The van der Waals surface area contributed by atoms with Gasteiger partial charge in [-0.05, 0) is 82.6 Å². The molecular weight excluding hydrogens is 492 g/mol. The summed E-state index contributed by atoms with van der Waals surface area (Å²) in [6.45, 7) is 5.53. The molecule has 2 aromatic carbocycles. The molecule has 3 aromatic rings. The van der Waals surface area contributed by atoms with Gasteiger partial charge in [-0.15, -0.1) is 0 Å². The van der Waals surface area contributed by atoms with Crippen LogP contribution in [0.1, 0.15) is 56.2 Å². The van der Waals surface area contributed by atoms with Crippen molar-refractivity contribution in [3.05, 3.63) is 65.9 Å². The van der Waals surface area contributed by atoms with Gasteiger partial charge in [-0.25, -0.2) is 0 Å². The number of nitrogens with zero attached hydrogens (tertiary/aromatic N) is 2. The van der Waals surface area contributed by atoms with E-state index in [9.17, 15) is 9.59 Å². The van der Waals surface area contributed by atoms with E-state index < -0.39 is 0 Å². The minimum atomic E-state index is -0.250. The van der Waals surface area contributed by atoms with Gasteiger partial charge in [-0.3, -0.25) is 14.5 Å². The first-order valence-electron chi connectivity index (χ1n) is 13.7. The lowest BCUT2D eigenvalue weighted by Gasteiger charge is -2.29. The van der Waals surface area contributed by atoms with Gasteiger partial charge >= 0.3 is 0 Å². The summed E-state index contributed by atoms with van der Waals surface area (Å²) in [5.41, 5.74) is 9.73. The van der Waals surface area contributed by atoms with Crippen molar-refractivity contribution in [3.8, 4) is 0 Å². The molecule has 3 atom stereocenters. The van der Waals surface area contributed by atoms with Crippen LogP contribution in [-0.2, 0) is 14.4 Å². The van der Waals surface area contributed by atoms with Gasteiger partial charge in [-0.1, -0.05) is 43.7 Å². The number of rotatable bonds is 9. The monoisotopic (exact) mass is 536 g/mol. The first kappa shape index (κ1) is 31.7. The lowest BCUT2D eigenvalue weighted by atomic mass is 9.91. The van der Waals surface area contributed by atoms with Crippen LogP contribution in [0.4, 0.5) is 5.69 Å². The zero-order valence-corrected chi connectivity index (χ0v) is 23.7. The lowest BCUT2D eigenvalue weighted by Crippen LogP contribution is -2.45. The van der Waals surface area contributed by atoms with Crippen molar-refractivity contribution in [1.29, 1.82) is 0 Å². The number of aldehydes is 1. The van der Waals surface area contributed by atoms with Crippen LogP contribution in [0.2, 0.25) is 0 Å². The number of fused-ring (bicyclic) bond motifs is 1. The Labute approximate surface area is 232 Å². The topological polar surface area (TPSA) is 120 Å². The van der Waals surface area contributed by atoms with E-state index in [1.807, 2.05) is 37.9 Å². The molecule has 0 radical (unpaired) electrons. The Hall–Kier alpha value is -3.49. The molecule has 0 bridgehead atoms.